The molecule has 1 aliphatic rings. The minimum Gasteiger partial charge on any atom is -0.463 e. The number of amides is 3. The molecule has 3 atom stereocenters. The van der Waals surface area contributed by atoms with E-state index in [0.717, 1.165) is 11.1 Å². The summed E-state index contributed by atoms with van der Waals surface area (Å²) in [5.74, 6) is -5.22. The number of nitrogens with one attached hydrogen (secondary N) is 3. The highest BCUT2D eigenvalue weighted by atomic mass is 32.2. The molecule has 0 spiro atoms. The van der Waals surface area contributed by atoms with Gasteiger partial charge in [-0.25, -0.2) is 13.2 Å². The van der Waals surface area contributed by atoms with Crippen LogP contribution >= 0.6 is 0 Å². The van der Waals surface area contributed by atoms with E-state index < -0.39 is 76.5 Å². The van der Waals surface area contributed by atoms with Crippen LogP contribution in [0.4, 0.5) is 0 Å². The van der Waals surface area contributed by atoms with Crippen molar-refractivity contribution in [2.75, 3.05) is 12.4 Å². The summed E-state index contributed by atoms with van der Waals surface area (Å²) in [6, 6.07) is 19.8. The third-order valence-corrected chi connectivity index (χ3v) is 9.71. The lowest BCUT2D eigenvalue weighted by Gasteiger charge is -2.23. The molecule has 15 heteroatoms. The van der Waals surface area contributed by atoms with E-state index in [9.17, 15) is 37.2 Å². The molecular formula is C37H41N3O11S. The molecule has 4 rings (SSSR count). The van der Waals surface area contributed by atoms with Crippen molar-refractivity contribution in [2.24, 2.45) is 0 Å². The second kappa shape index (κ2) is 19.2. The Hall–Kier alpha value is -5.57. The van der Waals surface area contributed by atoms with Crippen LogP contribution in [0.3, 0.4) is 0 Å². The summed E-state index contributed by atoms with van der Waals surface area (Å²) in [5.41, 5.74) is 2.26. The summed E-state index contributed by atoms with van der Waals surface area (Å²) in [6.07, 6.45) is -0.972. The molecule has 14 nitrogen and oxygen atoms in total. The summed E-state index contributed by atoms with van der Waals surface area (Å²) < 4.78 is 41.4. The first kappa shape index (κ1) is 39.2. The number of aryl methyl sites for hydroxylation is 1. The molecule has 0 aliphatic carbocycles. The van der Waals surface area contributed by atoms with E-state index in [-0.39, 0.29) is 49.7 Å². The fourth-order valence-corrected chi connectivity index (χ4v) is 6.16. The average molecular weight is 736 g/mol. The van der Waals surface area contributed by atoms with Gasteiger partial charge in [-0.05, 0) is 43.0 Å². The van der Waals surface area contributed by atoms with Crippen LogP contribution in [-0.4, -0.2) is 74.5 Å². The number of hydrogen-bond acceptors (Lipinski definition) is 11. The zero-order chi connectivity index (χ0) is 37.5. The Bertz CT molecular complexity index is 1820. The van der Waals surface area contributed by atoms with Crippen molar-refractivity contribution in [3.63, 3.8) is 0 Å². The second-order valence-electron chi connectivity index (χ2n) is 12.1. The molecule has 3 amide bonds. The highest BCUT2D eigenvalue weighted by Crippen LogP contribution is 2.14. The smallest absolute Gasteiger partial charge is 0.329 e. The summed E-state index contributed by atoms with van der Waals surface area (Å²) >= 11 is 0. The first-order valence-corrected chi connectivity index (χ1v) is 18.3. The summed E-state index contributed by atoms with van der Waals surface area (Å²) in [6.45, 7) is 1.07. The van der Waals surface area contributed by atoms with Crippen LogP contribution in [0.1, 0.15) is 48.8 Å². The average Bonchev–Trinajstić information content (AvgIpc) is 3.58. The van der Waals surface area contributed by atoms with E-state index in [4.69, 9.17) is 14.2 Å². The van der Waals surface area contributed by atoms with Crippen molar-refractivity contribution in [1.82, 2.24) is 16.0 Å². The van der Waals surface area contributed by atoms with Crippen LogP contribution in [0.25, 0.3) is 0 Å². The largest absolute Gasteiger partial charge is 0.463 e. The molecule has 1 fully saturated rings. The molecule has 1 heterocycles. The van der Waals surface area contributed by atoms with Gasteiger partial charge in [-0.3, -0.25) is 24.0 Å². The quantitative estimate of drug-likeness (QED) is 0.128. The van der Waals surface area contributed by atoms with Crippen LogP contribution in [0.5, 0.6) is 0 Å². The lowest BCUT2D eigenvalue weighted by atomic mass is 10.1. The molecule has 1 aliphatic heterocycles. The normalized spacial score (nSPS) is 15.0. The van der Waals surface area contributed by atoms with Gasteiger partial charge in [0.2, 0.25) is 17.7 Å². The molecular weight excluding hydrogens is 694 g/mol. The molecule has 0 aromatic heterocycles. The van der Waals surface area contributed by atoms with Gasteiger partial charge in [-0.2, -0.15) is 0 Å². The molecule has 276 valence electrons. The Morgan fingerprint density at radius 1 is 0.788 bits per heavy atom. The van der Waals surface area contributed by atoms with Gasteiger partial charge in [-0.1, -0.05) is 78.4 Å². The Morgan fingerprint density at radius 2 is 1.38 bits per heavy atom. The van der Waals surface area contributed by atoms with E-state index in [1.165, 1.54) is 12.1 Å². The van der Waals surface area contributed by atoms with Crippen molar-refractivity contribution < 1.29 is 51.4 Å². The van der Waals surface area contributed by atoms with Crippen molar-refractivity contribution in [2.45, 2.75) is 75.3 Å². The number of carbonyl (C=O) groups excluding carboxylic acids is 6. The van der Waals surface area contributed by atoms with Gasteiger partial charge in [0, 0.05) is 12.8 Å². The highest BCUT2D eigenvalue weighted by Gasteiger charge is 2.34. The molecule has 1 saturated heterocycles. The molecule has 0 saturated carbocycles. The summed E-state index contributed by atoms with van der Waals surface area (Å²) in [4.78, 5) is 77.2. The van der Waals surface area contributed by atoms with E-state index in [1.54, 1.807) is 73.7 Å². The fraction of sp³-hybridized carbons (Fsp3) is 0.351. The van der Waals surface area contributed by atoms with Crippen molar-refractivity contribution in [3.8, 4) is 0 Å². The Morgan fingerprint density at radius 3 is 1.96 bits per heavy atom. The monoisotopic (exact) mass is 735 g/mol. The van der Waals surface area contributed by atoms with E-state index in [2.05, 4.69) is 16.0 Å². The zero-order valence-electron chi connectivity index (χ0n) is 28.6. The fourth-order valence-electron chi connectivity index (χ4n) is 5.07. The van der Waals surface area contributed by atoms with E-state index in [1.807, 2.05) is 6.07 Å². The predicted octanol–water partition coefficient (Wildman–Crippen LogP) is 2.22. The zero-order valence-corrected chi connectivity index (χ0v) is 29.4. The van der Waals surface area contributed by atoms with Crippen LogP contribution < -0.4 is 16.0 Å². The van der Waals surface area contributed by atoms with E-state index >= 15 is 0 Å². The van der Waals surface area contributed by atoms with Gasteiger partial charge in [0.25, 0.3) is 0 Å². The maximum atomic E-state index is 13.7. The van der Waals surface area contributed by atoms with Gasteiger partial charge in [0.1, 0.15) is 37.9 Å². The maximum Gasteiger partial charge on any atom is 0.329 e. The van der Waals surface area contributed by atoms with Gasteiger partial charge in [-0.15, -0.1) is 0 Å². The van der Waals surface area contributed by atoms with Crippen molar-refractivity contribution in [1.29, 1.82) is 0 Å². The van der Waals surface area contributed by atoms with Gasteiger partial charge in [0.05, 0.1) is 17.1 Å². The summed E-state index contributed by atoms with van der Waals surface area (Å²) in [5, 5.41) is 7.42. The number of ether oxygens (including phenoxy) is 3. The summed E-state index contributed by atoms with van der Waals surface area (Å²) in [7, 11) is -3.84. The SMILES string of the molecule is Cc1ccc(S(=O)(=O)CCOC(=O)[C@H](CC(=O)OCc2ccccc2)NC(=O)[C@H](CCC(=O)OCc2ccccc2)NC(=O)[C@@H]2CCC(=O)N2)cc1. The Kier molecular flexibility index (Phi) is 14.4. The molecule has 0 unspecified atom stereocenters. The van der Waals surface area contributed by atoms with Crippen molar-refractivity contribution >= 4 is 45.5 Å². The lowest BCUT2D eigenvalue weighted by molar-refractivity contribution is -0.154. The van der Waals surface area contributed by atoms with Gasteiger partial charge in [0.15, 0.2) is 9.84 Å². The third-order valence-electron chi connectivity index (χ3n) is 8.02. The number of rotatable bonds is 18. The van der Waals surface area contributed by atoms with E-state index in [0.29, 0.717) is 5.56 Å². The Balaban J connectivity index is 1.45. The number of benzene rings is 3. The number of carbonyl (C=O) groups is 6. The van der Waals surface area contributed by atoms with Crippen LogP contribution in [0.15, 0.2) is 89.8 Å². The number of hydrogen-bond donors (Lipinski definition) is 3. The minimum absolute atomic E-state index is 0.0182. The van der Waals surface area contributed by atoms with Gasteiger partial charge >= 0.3 is 17.9 Å². The molecule has 3 aromatic carbocycles. The topological polar surface area (TPSA) is 200 Å². The highest BCUT2D eigenvalue weighted by molar-refractivity contribution is 7.91. The third kappa shape index (κ3) is 12.6. The number of esters is 3. The molecule has 0 bridgehead atoms. The predicted molar refractivity (Wildman–Crippen MR) is 186 cm³/mol. The van der Waals surface area contributed by atoms with Gasteiger partial charge < -0.3 is 30.2 Å². The van der Waals surface area contributed by atoms with Crippen LogP contribution in [-0.2, 0) is 66.0 Å². The van der Waals surface area contributed by atoms with Crippen LogP contribution in [0, 0.1) is 6.92 Å². The second-order valence-corrected chi connectivity index (χ2v) is 14.2. The maximum absolute atomic E-state index is 13.7. The molecule has 3 N–H and O–H groups in total. The lowest BCUT2D eigenvalue weighted by Crippen LogP contribution is -2.55. The van der Waals surface area contributed by atoms with Crippen LogP contribution in [0.2, 0.25) is 0 Å². The standard InChI is InChI=1S/C37H41N3O11S/c1-25-12-14-28(15-13-25)52(47,48)21-20-49-37(46)31(22-34(43)51-24-27-10-6-3-7-11-27)40-36(45)30(39-35(44)29-16-18-32(41)38-29)17-19-33(42)50-23-26-8-4-2-5-9-26/h2-15,29-31H,16-24H2,1H3,(H,38,41)(H,39,44)(H,40,45)/t29-,30-,31-/m0/s1. The Labute approximate surface area is 301 Å². The first-order chi connectivity index (χ1) is 24.9. The molecule has 0 radical (unpaired) electrons. The first-order valence-electron chi connectivity index (χ1n) is 16.6. The van der Waals surface area contributed by atoms with Crippen molar-refractivity contribution in [3.05, 3.63) is 102 Å². The molecule has 52 heavy (non-hydrogen) atoms. The number of sulfone groups is 1. The molecule has 3 aromatic rings. The minimum atomic E-state index is -3.84.